The summed E-state index contributed by atoms with van der Waals surface area (Å²) >= 11 is 5.57. The van der Waals surface area contributed by atoms with E-state index in [9.17, 15) is 22.8 Å². The highest BCUT2D eigenvalue weighted by Gasteiger charge is 2.33. The Balaban J connectivity index is 1.62. The zero-order valence-corrected chi connectivity index (χ0v) is 18.1. The first kappa shape index (κ1) is 24.8. The fourth-order valence-electron chi connectivity index (χ4n) is 2.81. The Hall–Kier alpha value is -3.83. The summed E-state index contributed by atoms with van der Waals surface area (Å²) in [5, 5.41) is 13.4. The van der Waals surface area contributed by atoms with E-state index in [1.807, 2.05) is 0 Å². The summed E-state index contributed by atoms with van der Waals surface area (Å²) in [6.07, 6.45) is -2.66. The molecule has 3 N–H and O–H groups in total. The van der Waals surface area contributed by atoms with Crippen LogP contribution < -0.4 is 20.3 Å². The van der Waals surface area contributed by atoms with Gasteiger partial charge in [0, 0.05) is 23.6 Å². The van der Waals surface area contributed by atoms with E-state index in [1.165, 1.54) is 35.4 Å². The molecule has 2 aromatic carbocycles. The topological polar surface area (TPSA) is 104 Å². The number of aliphatic hydroxyl groups is 1. The van der Waals surface area contributed by atoms with Gasteiger partial charge < -0.3 is 20.5 Å². The van der Waals surface area contributed by atoms with Crippen LogP contribution >= 0.6 is 11.6 Å². The number of rotatable bonds is 8. The summed E-state index contributed by atoms with van der Waals surface area (Å²) in [6, 6.07) is 11.6. The molecule has 1 aromatic heterocycles. The number of nitrogens with one attached hydrogen (secondary N) is 2. The molecular weight excluding hydrogens is 477 g/mol. The Morgan fingerprint density at radius 2 is 1.74 bits per heavy atom. The Morgan fingerprint density at radius 3 is 2.38 bits per heavy atom. The summed E-state index contributed by atoms with van der Waals surface area (Å²) < 4.78 is 44.6. The highest BCUT2D eigenvalue weighted by Crippen LogP contribution is 2.36. The number of urea groups is 1. The van der Waals surface area contributed by atoms with E-state index in [-0.39, 0.29) is 18.8 Å². The minimum absolute atomic E-state index is 0.0757. The van der Waals surface area contributed by atoms with Crippen LogP contribution in [0.5, 0.6) is 11.5 Å². The van der Waals surface area contributed by atoms with Crippen LogP contribution in [0.15, 0.2) is 60.8 Å². The molecule has 8 nitrogen and oxygen atoms in total. The van der Waals surface area contributed by atoms with E-state index >= 15 is 0 Å². The molecule has 0 atom stereocenters. The molecule has 0 saturated heterocycles. The third kappa shape index (κ3) is 6.59. The number of aliphatic hydroxyl groups excluding tert-OH is 1. The molecule has 3 amide bonds. The van der Waals surface area contributed by atoms with Gasteiger partial charge in [0.05, 0.1) is 23.7 Å². The van der Waals surface area contributed by atoms with Crippen LogP contribution in [0.3, 0.4) is 0 Å². The first-order chi connectivity index (χ1) is 16.2. The fourth-order valence-corrected chi connectivity index (χ4v) is 3.03. The number of hydrogen-bond acceptors (Lipinski definition) is 5. The molecule has 0 aliphatic heterocycles. The van der Waals surface area contributed by atoms with E-state index in [1.54, 1.807) is 18.2 Å². The molecule has 12 heteroatoms. The number of carbonyl (C=O) groups is 2. The van der Waals surface area contributed by atoms with Crippen molar-refractivity contribution in [3.8, 4) is 11.5 Å². The van der Waals surface area contributed by atoms with Crippen molar-refractivity contribution in [1.29, 1.82) is 0 Å². The number of benzene rings is 2. The quantitative estimate of drug-likeness (QED) is 0.376. The highest BCUT2D eigenvalue weighted by molar-refractivity contribution is 6.31. The summed E-state index contributed by atoms with van der Waals surface area (Å²) in [7, 11) is 0. The first-order valence-corrected chi connectivity index (χ1v) is 10.1. The number of halogens is 4. The van der Waals surface area contributed by atoms with E-state index in [0.29, 0.717) is 29.4 Å². The van der Waals surface area contributed by atoms with Gasteiger partial charge in [-0.1, -0.05) is 11.6 Å². The molecule has 3 aromatic rings. The standard InChI is InChI=1S/C22H18ClF3N4O4/c23-19-6-3-15(11-18(19)22(24,25)26)29-21(33)28-14-1-4-16(5-2-14)34-17-7-8-27-20(12-17)30(13-32)9-10-31/h1-8,11-13,31H,9-10H2,(H2,28,29,33). The van der Waals surface area contributed by atoms with Crippen LogP contribution in [0.4, 0.5) is 35.2 Å². The summed E-state index contributed by atoms with van der Waals surface area (Å²) in [6.45, 7) is -0.148. The second kappa shape index (κ2) is 10.9. The SMILES string of the molecule is O=CN(CCO)c1cc(Oc2ccc(NC(=O)Nc3ccc(Cl)c(C(F)(F)F)c3)cc2)ccn1. The Kier molecular flexibility index (Phi) is 7.92. The van der Waals surface area contributed by atoms with E-state index in [0.717, 1.165) is 12.1 Å². The van der Waals surface area contributed by atoms with Crippen LogP contribution in [0.1, 0.15) is 5.56 Å². The predicted molar refractivity (Wildman–Crippen MR) is 120 cm³/mol. The van der Waals surface area contributed by atoms with Crippen molar-refractivity contribution in [3.63, 3.8) is 0 Å². The fraction of sp³-hybridized carbons (Fsp3) is 0.136. The smallest absolute Gasteiger partial charge is 0.417 e. The molecule has 0 bridgehead atoms. The van der Waals surface area contributed by atoms with Crippen LogP contribution in [0, 0.1) is 0 Å². The average Bonchev–Trinajstić information content (AvgIpc) is 2.79. The second-order valence-corrected chi connectivity index (χ2v) is 7.18. The van der Waals surface area contributed by atoms with Crippen molar-refractivity contribution in [3.05, 3.63) is 71.4 Å². The van der Waals surface area contributed by atoms with Gasteiger partial charge in [0.15, 0.2) is 0 Å². The Bertz CT molecular complexity index is 1160. The lowest BCUT2D eigenvalue weighted by atomic mass is 10.2. The molecule has 3 rings (SSSR count). The second-order valence-electron chi connectivity index (χ2n) is 6.77. The number of amides is 3. The number of anilines is 3. The van der Waals surface area contributed by atoms with Crippen LogP contribution in [0.25, 0.3) is 0 Å². The Labute approximate surface area is 196 Å². The molecule has 0 aliphatic rings. The predicted octanol–water partition coefficient (Wildman–Crippen LogP) is 5.15. The maximum atomic E-state index is 13.0. The van der Waals surface area contributed by atoms with Gasteiger partial charge in [-0.3, -0.25) is 9.69 Å². The van der Waals surface area contributed by atoms with Crippen LogP contribution in [-0.4, -0.2) is 35.7 Å². The van der Waals surface area contributed by atoms with Gasteiger partial charge in [0.25, 0.3) is 0 Å². The van der Waals surface area contributed by atoms with Gasteiger partial charge in [-0.05, 0) is 48.5 Å². The molecule has 0 unspecified atom stereocenters. The van der Waals surface area contributed by atoms with Gasteiger partial charge in [0.1, 0.15) is 17.3 Å². The van der Waals surface area contributed by atoms with E-state index in [4.69, 9.17) is 21.4 Å². The van der Waals surface area contributed by atoms with Gasteiger partial charge in [-0.25, -0.2) is 9.78 Å². The number of pyridine rings is 1. The normalized spacial score (nSPS) is 11.0. The van der Waals surface area contributed by atoms with Gasteiger partial charge >= 0.3 is 12.2 Å². The third-order valence-corrected chi connectivity index (χ3v) is 4.69. The lowest BCUT2D eigenvalue weighted by Gasteiger charge is -2.15. The molecule has 0 aliphatic carbocycles. The van der Waals surface area contributed by atoms with Gasteiger partial charge in [-0.15, -0.1) is 0 Å². The van der Waals surface area contributed by atoms with Crippen molar-refractivity contribution in [2.75, 3.05) is 28.7 Å². The summed E-state index contributed by atoms with van der Waals surface area (Å²) in [4.78, 5) is 28.6. The van der Waals surface area contributed by atoms with Gasteiger partial charge in [-0.2, -0.15) is 13.2 Å². The largest absolute Gasteiger partial charge is 0.457 e. The molecule has 0 spiro atoms. The molecule has 0 radical (unpaired) electrons. The van der Waals surface area contributed by atoms with Crippen LogP contribution in [-0.2, 0) is 11.0 Å². The number of nitrogens with zero attached hydrogens (tertiary/aromatic N) is 2. The first-order valence-electron chi connectivity index (χ1n) is 9.71. The molecular formula is C22H18ClF3N4O4. The molecule has 0 saturated carbocycles. The maximum Gasteiger partial charge on any atom is 0.417 e. The average molecular weight is 495 g/mol. The van der Waals surface area contributed by atoms with Gasteiger partial charge in [0.2, 0.25) is 6.41 Å². The zero-order valence-electron chi connectivity index (χ0n) is 17.3. The molecule has 178 valence electrons. The van der Waals surface area contributed by atoms with Crippen molar-refractivity contribution in [2.24, 2.45) is 0 Å². The monoisotopic (exact) mass is 494 g/mol. The van der Waals surface area contributed by atoms with Crippen molar-refractivity contribution in [2.45, 2.75) is 6.18 Å². The minimum Gasteiger partial charge on any atom is -0.457 e. The lowest BCUT2D eigenvalue weighted by Crippen LogP contribution is -2.25. The summed E-state index contributed by atoms with van der Waals surface area (Å²) in [5.41, 5.74) is -0.769. The van der Waals surface area contributed by atoms with Crippen molar-refractivity contribution >= 4 is 41.2 Å². The Morgan fingerprint density at radius 1 is 1.06 bits per heavy atom. The van der Waals surface area contributed by atoms with E-state index in [2.05, 4.69) is 15.6 Å². The number of aromatic nitrogens is 1. The minimum atomic E-state index is -4.65. The third-order valence-electron chi connectivity index (χ3n) is 4.36. The zero-order chi connectivity index (χ0) is 24.7. The molecule has 0 fully saturated rings. The van der Waals surface area contributed by atoms with Crippen molar-refractivity contribution < 1.29 is 32.6 Å². The maximum absolute atomic E-state index is 13.0. The number of carbonyl (C=O) groups excluding carboxylic acids is 2. The van der Waals surface area contributed by atoms with Crippen molar-refractivity contribution in [1.82, 2.24) is 4.98 Å². The summed E-state index contributed by atoms with van der Waals surface area (Å²) in [5.74, 6) is 1.10. The lowest BCUT2D eigenvalue weighted by molar-refractivity contribution is -0.137. The van der Waals surface area contributed by atoms with E-state index < -0.39 is 22.8 Å². The number of ether oxygens (including phenoxy) is 1. The molecule has 34 heavy (non-hydrogen) atoms. The molecule has 1 heterocycles. The number of alkyl halides is 3. The highest BCUT2D eigenvalue weighted by atomic mass is 35.5. The number of hydrogen-bond donors (Lipinski definition) is 3. The van der Waals surface area contributed by atoms with Crippen LogP contribution in [0.2, 0.25) is 5.02 Å².